The highest BCUT2D eigenvalue weighted by atomic mass is 16.5. The predicted molar refractivity (Wildman–Crippen MR) is 60.7 cm³/mol. The van der Waals surface area contributed by atoms with E-state index in [9.17, 15) is 4.79 Å². The number of methoxy groups -OCH3 is 1. The Bertz CT molecular complexity index is 372. The fourth-order valence-corrected chi connectivity index (χ4v) is 2.03. The lowest BCUT2D eigenvalue weighted by Crippen LogP contribution is -2.18. The molecule has 16 heavy (non-hydrogen) atoms. The molecule has 0 amide bonds. The lowest BCUT2D eigenvalue weighted by Gasteiger charge is -2.11. The number of carbonyl (C=O) groups excluding carboxylic acids is 1. The highest BCUT2D eigenvalue weighted by molar-refractivity contribution is 5.98. The first kappa shape index (κ1) is 11.2. The SMILES string of the molecule is CCn1ncc(OC)c1C(=O)C(C)C1CC1. The van der Waals surface area contributed by atoms with E-state index in [0.29, 0.717) is 23.9 Å². The van der Waals surface area contributed by atoms with Crippen molar-refractivity contribution >= 4 is 5.78 Å². The molecule has 0 N–H and O–H groups in total. The van der Waals surface area contributed by atoms with Crippen LogP contribution in [0.2, 0.25) is 0 Å². The van der Waals surface area contributed by atoms with Crippen molar-refractivity contribution in [1.29, 1.82) is 0 Å². The van der Waals surface area contributed by atoms with Gasteiger partial charge in [-0.3, -0.25) is 9.48 Å². The van der Waals surface area contributed by atoms with E-state index in [4.69, 9.17) is 4.74 Å². The molecule has 88 valence electrons. The molecule has 4 nitrogen and oxygen atoms in total. The third-order valence-electron chi connectivity index (χ3n) is 3.30. The number of hydrogen-bond donors (Lipinski definition) is 0. The van der Waals surface area contributed by atoms with Gasteiger partial charge in [0.1, 0.15) is 5.69 Å². The molecule has 0 radical (unpaired) electrons. The molecule has 0 spiro atoms. The number of carbonyl (C=O) groups is 1. The van der Waals surface area contributed by atoms with Gasteiger partial charge in [-0.05, 0) is 25.7 Å². The summed E-state index contributed by atoms with van der Waals surface area (Å²) in [5.41, 5.74) is 0.629. The number of aromatic nitrogens is 2. The van der Waals surface area contributed by atoms with Gasteiger partial charge in [0.05, 0.1) is 13.3 Å². The first-order chi connectivity index (χ1) is 7.69. The molecule has 1 aromatic heterocycles. The molecule has 0 aliphatic heterocycles. The van der Waals surface area contributed by atoms with Crippen LogP contribution in [0.3, 0.4) is 0 Å². The second kappa shape index (κ2) is 4.28. The van der Waals surface area contributed by atoms with Crippen molar-refractivity contribution in [1.82, 2.24) is 9.78 Å². The Balaban J connectivity index is 2.29. The zero-order chi connectivity index (χ0) is 11.7. The highest BCUT2D eigenvalue weighted by Gasteiger charge is 2.35. The van der Waals surface area contributed by atoms with Crippen LogP contribution in [-0.4, -0.2) is 22.7 Å². The lowest BCUT2D eigenvalue weighted by molar-refractivity contribution is 0.0902. The minimum absolute atomic E-state index is 0.0934. The summed E-state index contributed by atoms with van der Waals surface area (Å²) in [7, 11) is 1.58. The topological polar surface area (TPSA) is 44.1 Å². The monoisotopic (exact) mass is 222 g/mol. The maximum absolute atomic E-state index is 12.3. The highest BCUT2D eigenvalue weighted by Crippen LogP contribution is 2.39. The molecule has 1 unspecified atom stereocenters. The summed E-state index contributed by atoms with van der Waals surface area (Å²) in [6, 6.07) is 0. The molecule has 1 atom stereocenters. The summed E-state index contributed by atoms with van der Waals surface area (Å²) < 4.78 is 6.92. The van der Waals surface area contributed by atoms with E-state index in [0.717, 1.165) is 0 Å². The number of nitrogens with zero attached hydrogens (tertiary/aromatic N) is 2. The van der Waals surface area contributed by atoms with Gasteiger partial charge in [-0.15, -0.1) is 0 Å². The second-order valence-electron chi connectivity index (χ2n) is 4.37. The minimum atomic E-state index is 0.0934. The molecule has 4 heteroatoms. The van der Waals surface area contributed by atoms with Crippen LogP contribution in [0.25, 0.3) is 0 Å². The Morgan fingerprint density at radius 2 is 2.38 bits per heavy atom. The van der Waals surface area contributed by atoms with Gasteiger partial charge < -0.3 is 4.74 Å². The summed E-state index contributed by atoms with van der Waals surface area (Å²) in [5.74, 6) is 1.42. The standard InChI is InChI=1S/C12H18N2O2/c1-4-14-11(10(16-3)7-13-14)12(15)8(2)9-5-6-9/h7-9H,4-6H2,1-3H3. The molecule has 1 heterocycles. The quantitative estimate of drug-likeness (QED) is 0.717. The van der Waals surface area contributed by atoms with Crippen LogP contribution in [0.15, 0.2) is 6.20 Å². The Kier molecular flexibility index (Phi) is 2.99. The van der Waals surface area contributed by atoms with Crippen molar-refractivity contribution in [3.05, 3.63) is 11.9 Å². The Morgan fingerprint density at radius 1 is 1.69 bits per heavy atom. The predicted octanol–water partition coefficient (Wildman–Crippen LogP) is 2.14. The van der Waals surface area contributed by atoms with E-state index < -0.39 is 0 Å². The second-order valence-corrected chi connectivity index (χ2v) is 4.37. The maximum Gasteiger partial charge on any atom is 0.187 e. The van der Waals surface area contributed by atoms with Crippen LogP contribution in [0.1, 0.15) is 37.2 Å². The largest absolute Gasteiger partial charge is 0.493 e. The number of Topliss-reactive ketones (excluding diaryl/α,β-unsaturated/α-hetero) is 1. The van der Waals surface area contributed by atoms with E-state index >= 15 is 0 Å². The summed E-state index contributed by atoms with van der Waals surface area (Å²) >= 11 is 0. The molecule has 1 saturated carbocycles. The molecule has 1 aliphatic rings. The van der Waals surface area contributed by atoms with Crippen molar-refractivity contribution in [2.75, 3.05) is 7.11 Å². The van der Waals surface area contributed by atoms with Gasteiger partial charge >= 0.3 is 0 Å². The van der Waals surface area contributed by atoms with E-state index in [1.54, 1.807) is 18.0 Å². The van der Waals surface area contributed by atoms with Gasteiger partial charge in [0.2, 0.25) is 0 Å². The number of ketones is 1. The van der Waals surface area contributed by atoms with Crippen molar-refractivity contribution in [3.63, 3.8) is 0 Å². The molecular weight excluding hydrogens is 204 g/mol. The van der Waals surface area contributed by atoms with Crippen LogP contribution in [0.5, 0.6) is 5.75 Å². The van der Waals surface area contributed by atoms with Gasteiger partial charge in [-0.25, -0.2) is 0 Å². The molecule has 1 aliphatic carbocycles. The average molecular weight is 222 g/mol. The zero-order valence-corrected chi connectivity index (χ0v) is 10.1. The normalized spacial score (nSPS) is 17.2. The van der Waals surface area contributed by atoms with Crippen molar-refractivity contribution in [2.24, 2.45) is 11.8 Å². The summed E-state index contributed by atoms with van der Waals surface area (Å²) in [6.07, 6.45) is 3.97. The van der Waals surface area contributed by atoms with Crippen molar-refractivity contribution in [3.8, 4) is 5.75 Å². The Labute approximate surface area is 95.6 Å². The molecule has 0 bridgehead atoms. The molecule has 1 aromatic rings. The Morgan fingerprint density at radius 3 is 2.88 bits per heavy atom. The maximum atomic E-state index is 12.3. The van der Waals surface area contributed by atoms with Crippen LogP contribution < -0.4 is 4.74 Å². The summed E-state index contributed by atoms with van der Waals surface area (Å²) in [4.78, 5) is 12.3. The summed E-state index contributed by atoms with van der Waals surface area (Å²) in [6.45, 7) is 4.68. The van der Waals surface area contributed by atoms with Crippen molar-refractivity contribution < 1.29 is 9.53 Å². The average Bonchev–Trinajstić information content (AvgIpc) is 3.06. The first-order valence-electron chi connectivity index (χ1n) is 5.83. The zero-order valence-electron chi connectivity index (χ0n) is 10.1. The summed E-state index contributed by atoms with van der Waals surface area (Å²) in [5, 5.41) is 4.16. The number of rotatable bonds is 5. The molecule has 0 saturated heterocycles. The Hall–Kier alpha value is -1.32. The molecule has 0 aromatic carbocycles. The van der Waals surface area contributed by atoms with Crippen LogP contribution in [0, 0.1) is 11.8 Å². The van der Waals surface area contributed by atoms with E-state index in [1.807, 2.05) is 13.8 Å². The van der Waals surface area contributed by atoms with Gasteiger partial charge in [0, 0.05) is 12.5 Å². The molecule has 1 fully saturated rings. The fourth-order valence-electron chi connectivity index (χ4n) is 2.03. The third-order valence-corrected chi connectivity index (χ3v) is 3.30. The number of hydrogen-bond acceptors (Lipinski definition) is 3. The van der Waals surface area contributed by atoms with E-state index in [-0.39, 0.29) is 11.7 Å². The molecule has 2 rings (SSSR count). The van der Waals surface area contributed by atoms with Crippen LogP contribution in [0.4, 0.5) is 0 Å². The number of ether oxygens (including phenoxy) is 1. The van der Waals surface area contributed by atoms with Gasteiger partial charge in [0.15, 0.2) is 11.5 Å². The fraction of sp³-hybridized carbons (Fsp3) is 0.667. The smallest absolute Gasteiger partial charge is 0.187 e. The number of aryl methyl sites for hydroxylation is 1. The van der Waals surface area contributed by atoms with Gasteiger partial charge in [-0.1, -0.05) is 6.92 Å². The van der Waals surface area contributed by atoms with E-state index in [2.05, 4.69) is 5.10 Å². The van der Waals surface area contributed by atoms with Crippen LogP contribution in [-0.2, 0) is 6.54 Å². The first-order valence-corrected chi connectivity index (χ1v) is 5.83. The third kappa shape index (κ3) is 1.84. The van der Waals surface area contributed by atoms with Crippen molar-refractivity contribution in [2.45, 2.75) is 33.2 Å². The lowest BCUT2D eigenvalue weighted by atomic mass is 9.98. The van der Waals surface area contributed by atoms with Gasteiger partial charge in [0.25, 0.3) is 0 Å². The molecular formula is C12H18N2O2. The minimum Gasteiger partial charge on any atom is -0.493 e. The van der Waals surface area contributed by atoms with Crippen LogP contribution >= 0.6 is 0 Å². The van der Waals surface area contributed by atoms with Gasteiger partial charge in [-0.2, -0.15) is 5.10 Å². The van der Waals surface area contributed by atoms with E-state index in [1.165, 1.54) is 12.8 Å².